The lowest BCUT2D eigenvalue weighted by Crippen LogP contribution is -3.14. The summed E-state index contributed by atoms with van der Waals surface area (Å²) in [6, 6.07) is 13.4. The van der Waals surface area contributed by atoms with Crippen molar-refractivity contribution in [3.05, 3.63) is 59.2 Å². The van der Waals surface area contributed by atoms with E-state index in [2.05, 4.69) is 36.6 Å². The van der Waals surface area contributed by atoms with E-state index < -0.39 is 0 Å². The topological polar surface area (TPSA) is 71.9 Å². The van der Waals surface area contributed by atoms with Crippen molar-refractivity contribution in [3.8, 4) is 5.75 Å². The normalized spacial score (nSPS) is 12.7. The summed E-state index contributed by atoms with van der Waals surface area (Å²) in [6.07, 6.45) is 0. The van der Waals surface area contributed by atoms with Crippen molar-refractivity contribution in [2.24, 2.45) is 0 Å². The van der Waals surface area contributed by atoms with Crippen molar-refractivity contribution in [3.63, 3.8) is 0 Å². The first-order chi connectivity index (χ1) is 13.8. The van der Waals surface area contributed by atoms with Crippen molar-refractivity contribution in [1.82, 2.24) is 5.32 Å². The Morgan fingerprint density at radius 2 is 1.76 bits per heavy atom. The van der Waals surface area contributed by atoms with Crippen LogP contribution >= 0.6 is 0 Å². The van der Waals surface area contributed by atoms with Crippen LogP contribution in [0.2, 0.25) is 0 Å². The van der Waals surface area contributed by atoms with E-state index in [0.717, 1.165) is 10.5 Å². The number of rotatable bonds is 9. The van der Waals surface area contributed by atoms with E-state index >= 15 is 0 Å². The fourth-order valence-electron chi connectivity index (χ4n) is 3.08. The van der Waals surface area contributed by atoms with Gasteiger partial charge >= 0.3 is 0 Å². The molecule has 2 aromatic rings. The second-order valence-electron chi connectivity index (χ2n) is 7.37. The first-order valence-electron chi connectivity index (χ1n) is 9.96. The predicted molar refractivity (Wildman–Crippen MR) is 115 cm³/mol. The smallest absolute Gasteiger partial charge is 0.279 e. The average Bonchev–Trinajstić information content (AvgIpc) is 2.69. The lowest BCUT2D eigenvalue weighted by Gasteiger charge is -2.20. The molecule has 0 aliphatic carbocycles. The summed E-state index contributed by atoms with van der Waals surface area (Å²) in [5, 5.41) is 5.90. The number of quaternary nitrogens is 1. The third-order valence-corrected chi connectivity index (χ3v) is 5.08. The molecule has 29 heavy (non-hydrogen) atoms. The van der Waals surface area contributed by atoms with Crippen LogP contribution in [0.25, 0.3) is 0 Å². The Labute approximate surface area is 173 Å². The van der Waals surface area contributed by atoms with Gasteiger partial charge in [-0.05, 0) is 56.5 Å². The molecule has 0 aliphatic rings. The highest BCUT2D eigenvalue weighted by atomic mass is 16.5. The molecular formula is C23H32N3O3+. The van der Waals surface area contributed by atoms with Crippen LogP contribution in [-0.2, 0) is 9.59 Å². The van der Waals surface area contributed by atoms with E-state index in [1.807, 2.05) is 38.1 Å². The number of nitrogens with one attached hydrogen (secondary N) is 3. The molecule has 0 bridgehead atoms. The van der Waals surface area contributed by atoms with E-state index in [1.165, 1.54) is 11.1 Å². The molecule has 2 rings (SSSR count). The van der Waals surface area contributed by atoms with E-state index in [4.69, 9.17) is 4.74 Å². The summed E-state index contributed by atoms with van der Waals surface area (Å²) < 4.78 is 5.17. The monoisotopic (exact) mass is 398 g/mol. The highest BCUT2D eigenvalue weighted by molar-refractivity contribution is 5.91. The zero-order valence-corrected chi connectivity index (χ0v) is 18.0. The van der Waals surface area contributed by atoms with Crippen LogP contribution in [0.5, 0.6) is 5.75 Å². The first-order valence-corrected chi connectivity index (χ1v) is 9.96. The molecule has 0 aromatic heterocycles. The molecule has 0 saturated heterocycles. The summed E-state index contributed by atoms with van der Waals surface area (Å²) in [5.41, 5.74) is 4.20. The number of carbonyl (C=O) groups excluding carboxylic acids is 2. The number of methoxy groups -OCH3 is 1. The number of benzene rings is 2. The summed E-state index contributed by atoms with van der Waals surface area (Å²) in [5.74, 6) is 0.481. The standard InChI is InChI=1S/C23H31N3O3/c1-6-26(15-23(28)25-20-8-7-9-21(13-20)29-5)14-22(27)24-18(4)19-11-10-16(2)17(3)12-19/h7-13,18H,6,14-15H2,1-5H3,(H,24,27)(H,25,28)/p+1/t18-/m0/s1. The minimum Gasteiger partial charge on any atom is -0.497 e. The summed E-state index contributed by atoms with van der Waals surface area (Å²) in [6.45, 7) is 9.23. The maximum Gasteiger partial charge on any atom is 0.279 e. The summed E-state index contributed by atoms with van der Waals surface area (Å²) in [7, 11) is 1.58. The van der Waals surface area contributed by atoms with Gasteiger partial charge < -0.3 is 20.3 Å². The number of anilines is 1. The van der Waals surface area contributed by atoms with Crippen molar-refractivity contribution < 1.29 is 19.2 Å². The zero-order chi connectivity index (χ0) is 21.4. The van der Waals surface area contributed by atoms with Crippen molar-refractivity contribution in [2.45, 2.75) is 33.7 Å². The largest absolute Gasteiger partial charge is 0.497 e. The maximum absolute atomic E-state index is 12.5. The van der Waals surface area contributed by atoms with Gasteiger partial charge in [0, 0.05) is 11.8 Å². The molecule has 2 amide bonds. The van der Waals surface area contributed by atoms with Gasteiger partial charge in [0.2, 0.25) is 0 Å². The van der Waals surface area contributed by atoms with Crippen LogP contribution in [0.1, 0.15) is 36.6 Å². The van der Waals surface area contributed by atoms with E-state index in [1.54, 1.807) is 13.2 Å². The third-order valence-electron chi connectivity index (χ3n) is 5.08. The molecule has 0 heterocycles. The van der Waals surface area contributed by atoms with Crippen LogP contribution in [0, 0.1) is 13.8 Å². The van der Waals surface area contributed by atoms with Gasteiger partial charge in [-0.2, -0.15) is 0 Å². The van der Waals surface area contributed by atoms with Crippen LogP contribution in [-0.4, -0.2) is 38.6 Å². The third kappa shape index (κ3) is 6.91. The molecule has 156 valence electrons. The Hall–Kier alpha value is -2.86. The molecule has 1 unspecified atom stereocenters. The predicted octanol–water partition coefficient (Wildman–Crippen LogP) is 2.03. The Morgan fingerprint density at radius 1 is 1.03 bits per heavy atom. The van der Waals surface area contributed by atoms with Gasteiger partial charge in [-0.15, -0.1) is 0 Å². The average molecular weight is 399 g/mol. The lowest BCUT2D eigenvalue weighted by atomic mass is 10.0. The molecule has 0 spiro atoms. The van der Waals surface area contributed by atoms with Crippen molar-refractivity contribution >= 4 is 17.5 Å². The Balaban J connectivity index is 1.88. The number of hydrogen-bond acceptors (Lipinski definition) is 3. The SMILES string of the molecule is CC[NH+](CC(=O)Nc1cccc(OC)c1)CC(=O)N[C@@H](C)c1ccc(C)c(C)c1. The summed E-state index contributed by atoms with van der Waals surface area (Å²) in [4.78, 5) is 25.8. The van der Waals surface area contributed by atoms with Gasteiger partial charge in [0.05, 0.1) is 19.7 Å². The Kier molecular flexibility index (Phi) is 8.21. The first kappa shape index (κ1) is 22.4. The van der Waals surface area contributed by atoms with Crippen LogP contribution < -0.4 is 20.3 Å². The molecule has 2 atom stereocenters. The molecule has 0 radical (unpaired) electrons. The molecule has 0 aliphatic heterocycles. The Morgan fingerprint density at radius 3 is 2.41 bits per heavy atom. The van der Waals surface area contributed by atoms with Gasteiger partial charge in [-0.3, -0.25) is 9.59 Å². The molecule has 2 aromatic carbocycles. The quantitative estimate of drug-likeness (QED) is 0.605. The van der Waals surface area contributed by atoms with E-state index in [0.29, 0.717) is 18.0 Å². The second kappa shape index (κ2) is 10.6. The fraction of sp³-hybridized carbons (Fsp3) is 0.391. The van der Waals surface area contributed by atoms with Crippen LogP contribution in [0.3, 0.4) is 0 Å². The number of likely N-dealkylation sites (N-methyl/N-ethyl adjacent to an activating group) is 1. The molecule has 0 fully saturated rings. The van der Waals surface area contributed by atoms with Gasteiger partial charge in [0.1, 0.15) is 5.75 Å². The van der Waals surface area contributed by atoms with Gasteiger partial charge in [0.15, 0.2) is 13.1 Å². The number of amides is 2. The fourth-order valence-corrected chi connectivity index (χ4v) is 3.08. The van der Waals surface area contributed by atoms with Crippen molar-refractivity contribution in [1.29, 1.82) is 0 Å². The highest BCUT2D eigenvalue weighted by Crippen LogP contribution is 2.17. The molecule has 0 saturated carbocycles. The molecule has 6 heteroatoms. The van der Waals surface area contributed by atoms with Crippen LogP contribution in [0.15, 0.2) is 42.5 Å². The number of carbonyl (C=O) groups is 2. The molecule has 6 nitrogen and oxygen atoms in total. The molecule has 3 N–H and O–H groups in total. The zero-order valence-electron chi connectivity index (χ0n) is 18.0. The summed E-state index contributed by atoms with van der Waals surface area (Å²) >= 11 is 0. The molecular weight excluding hydrogens is 366 g/mol. The number of aryl methyl sites for hydroxylation is 2. The van der Waals surface area contributed by atoms with Gasteiger partial charge in [-0.25, -0.2) is 0 Å². The lowest BCUT2D eigenvalue weighted by molar-refractivity contribution is -0.881. The minimum absolute atomic E-state index is 0.0678. The Bertz CT molecular complexity index is 851. The minimum atomic E-state index is -0.134. The van der Waals surface area contributed by atoms with Gasteiger partial charge in [0.25, 0.3) is 11.8 Å². The highest BCUT2D eigenvalue weighted by Gasteiger charge is 2.19. The van der Waals surface area contributed by atoms with Crippen molar-refractivity contribution in [2.75, 3.05) is 32.1 Å². The second-order valence-corrected chi connectivity index (χ2v) is 7.37. The maximum atomic E-state index is 12.5. The van der Waals surface area contributed by atoms with Gasteiger partial charge in [-0.1, -0.05) is 24.3 Å². The van der Waals surface area contributed by atoms with Crippen LogP contribution in [0.4, 0.5) is 5.69 Å². The van der Waals surface area contributed by atoms with E-state index in [-0.39, 0.29) is 30.9 Å². The van der Waals surface area contributed by atoms with E-state index in [9.17, 15) is 9.59 Å². The number of hydrogen-bond donors (Lipinski definition) is 3. The number of ether oxygens (including phenoxy) is 1.